The summed E-state index contributed by atoms with van der Waals surface area (Å²) in [4.78, 5) is 24.0. The van der Waals surface area contributed by atoms with Crippen LogP contribution in [0, 0.1) is 6.92 Å². The van der Waals surface area contributed by atoms with Crippen molar-refractivity contribution in [2.75, 3.05) is 19.6 Å². The number of carbonyl (C=O) groups is 1. The van der Waals surface area contributed by atoms with Gasteiger partial charge < -0.3 is 15.5 Å². The summed E-state index contributed by atoms with van der Waals surface area (Å²) in [5.74, 6) is 1.09. The van der Waals surface area contributed by atoms with Gasteiger partial charge in [-0.25, -0.2) is 9.98 Å². The Morgan fingerprint density at radius 2 is 2.00 bits per heavy atom. The molecular formula is C21H30IN5OS. The van der Waals surface area contributed by atoms with Gasteiger partial charge in [0.25, 0.3) is 0 Å². The van der Waals surface area contributed by atoms with Crippen molar-refractivity contribution in [2.24, 2.45) is 4.99 Å². The molecule has 2 N–H and O–H groups in total. The highest BCUT2D eigenvalue weighted by Crippen LogP contribution is 2.15. The van der Waals surface area contributed by atoms with E-state index in [2.05, 4.69) is 58.7 Å². The normalized spacial score (nSPS) is 14.1. The number of benzene rings is 1. The minimum absolute atomic E-state index is 0. The van der Waals surface area contributed by atoms with Crippen LogP contribution in [-0.4, -0.2) is 41.4 Å². The second-order valence-corrected chi connectivity index (χ2v) is 8.29. The van der Waals surface area contributed by atoms with E-state index in [-0.39, 0.29) is 29.9 Å². The number of aromatic nitrogens is 1. The van der Waals surface area contributed by atoms with E-state index < -0.39 is 0 Å². The zero-order chi connectivity index (χ0) is 19.8. The van der Waals surface area contributed by atoms with Gasteiger partial charge in [0.05, 0.1) is 11.6 Å². The number of rotatable bonds is 8. The first-order valence-corrected chi connectivity index (χ1v) is 10.7. The van der Waals surface area contributed by atoms with Crippen LogP contribution in [0.3, 0.4) is 0 Å². The van der Waals surface area contributed by atoms with Crippen molar-refractivity contribution in [3.05, 3.63) is 51.5 Å². The Balaban J connectivity index is 0.00000300. The summed E-state index contributed by atoms with van der Waals surface area (Å²) >= 11 is 1.74. The monoisotopic (exact) mass is 527 g/mol. The minimum atomic E-state index is 0. The van der Waals surface area contributed by atoms with Gasteiger partial charge in [-0.15, -0.1) is 35.3 Å². The molecule has 0 atom stereocenters. The Morgan fingerprint density at radius 1 is 1.24 bits per heavy atom. The van der Waals surface area contributed by atoms with E-state index in [4.69, 9.17) is 0 Å². The van der Waals surface area contributed by atoms with Gasteiger partial charge in [-0.3, -0.25) is 4.79 Å². The predicted molar refractivity (Wildman–Crippen MR) is 130 cm³/mol. The van der Waals surface area contributed by atoms with E-state index >= 15 is 0 Å². The summed E-state index contributed by atoms with van der Waals surface area (Å²) < 4.78 is 0. The molecule has 8 heteroatoms. The number of hydrogen-bond donors (Lipinski definition) is 2. The van der Waals surface area contributed by atoms with Crippen LogP contribution in [0.5, 0.6) is 0 Å². The topological polar surface area (TPSA) is 69.6 Å². The van der Waals surface area contributed by atoms with Gasteiger partial charge in [0.15, 0.2) is 5.96 Å². The lowest BCUT2D eigenvalue weighted by atomic mass is 10.1. The Labute approximate surface area is 194 Å². The number of likely N-dealkylation sites (tertiary alicyclic amines) is 1. The average molecular weight is 527 g/mol. The maximum absolute atomic E-state index is 11.8. The van der Waals surface area contributed by atoms with E-state index in [0.717, 1.165) is 49.0 Å². The first-order valence-electron chi connectivity index (χ1n) is 9.93. The first-order chi connectivity index (χ1) is 13.6. The van der Waals surface area contributed by atoms with Gasteiger partial charge in [0, 0.05) is 50.1 Å². The van der Waals surface area contributed by atoms with E-state index in [1.807, 2.05) is 11.1 Å². The molecule has 1 fully saturated rings. The van der Waals surface area contributed by atoms with Crippen LogP contribution in [0.4, 0.5) is 0 Å². The second-order valence-electron chi connectivity index (χ2n) is 6.97. The maximum Gasteiger partial charge on any atom is 0.222 e. The van der Waals surface area contributed by atoms with Crippen LogP contribution in [-0.2, 0) is 24.3 Å². The molecule has 0 bridgehead atoms. The Kier molecular flexibility index (Phi) is 9.86. The number of halogens is 1. The molecular weight excluding hydrogens is 497 g/mol. The molecule has 1 amide bonds. The molecule has 0 unspecified atom stereocenters. The minimum Gasteiger partial charge on any atom is -0.357 e. The smallest absolute Gasteiger partial charge is 0.222 e. The zero-order valence-electron chi connectivity index (χ0n) is 17.1. The van der Waals surface area contributed by atoms with Crippen molar-refractivity contribution in [1.29, 1.82) is 0 Å². The van der Waals surface area contributed by atoms with Crippen LogP contribution in [0.15, 0.2) is 35.5 Å². The molecule has 158 valence electrons. The van der Waals surface area contributed by atoms with E-state index in [1.54, 1.807) is 11.3 Å². The lowest BCUT2D eigenvalue weighted by Gasteiger charge is -2.15. The number of amides is 1. The number of aryl methyl sites for hydroxylation is 1. The average Bonchev–Trinajstić information content (AvgIpc) is 3.29. The molecule has 1 aromatic heterocycles. The van der Waals surface area contributed by atoms with Crippen molar-refractivity contribution >= 4 is 47.2 Å². The van der Waals surface area contributed by atoms with Crippen molar-refractivity contribution in [3.8, 4) is 0 Å². The fraction of sp³-hybridized carbons (Fsp3) is 0.476. The quantitative estimate of drug-likeness (QED) is 0.314. The van der Waals surface area contributed by atoms with Crippen LogP contribution >= 0.6 is 35.3 Å². The Bertz CT molecular complexity index is 806. The molecule has 0 saturated carbocycles. The highest BCUT2D eigenvalue weighted by molar-refractivity contribution is 14.0. The third-order valence-corrected chi connectivity index (χ3v) is 5.60. The molecule has 2 heterocycles. The molecule has 0 spiro atoms. The second kappa shape index (κ2) is 12.1. The maximum atomic E-state index is 11.8. The highest BCUT2D eigenvalue weighted by Gasteiger charge is 2.19. The first kappa shape index (κ1) is 23.6. The van der Waals surface area contributed by atoms with Crippen LogP contribution in [0.25, 0.3) is 0 Å². The standard InChI is InChI=1S/C21H29N5OS.HI/c1-3-22-21(23-11-10-19-24-13-16(2)28-19)25-14-17-6-8-18(9-7-17)15-26-12-4-5-20(26)27;/h6-9,13H,3-5,10-12,14-15H2,1-2H3,(H2,22,23,25);1H. The number of hydrogen-bond acceptors (Lipinski definition) is 4. The molecule has 2 aromatic rings. The molecule has 0 radical (unpaired) electrons. The predicted octanol–water partition coefficient (Wildman–Crippen LogP) is 3.49. The number of nitrogens with one attached hydrogen (secondary N) is 2. The summed E-state index contributed by atoms with van der Waals surface area (Å²) in [6, 6.07) is 8.39. The molecule has 6 nitrogen and oxygen atoms in total. The van der Waals surface area contributed by atoms with Gasteiger partial charge in [0.1, 0.15) is 0 Å². The fourth-order valence-electron chi connectivity index (χ4n) is 3.16. The van der Waals surface area contributed by atoms with Gasteiger partial charge in [-0.1, -0.05) is 24.3 Å². The highest BCUT2D eigenvalue weighted by atomic mass is 127. The van der Waals surface area contributed by atoms with Gasteiger partial charge in [-0.05, 0) is 31.4 Å². The lowest BCUT2D eigenvalue weighted by Crippen LogP contribution is -2.38. The van der Waals surface area contributed by atoms with E-state index in [9.17, 15) is 4.79 Å². The van der Waals surface area contributed by atoms with Crippen LogP contribution in [0.1, 0.15) is 40.8 Å². The van der Waals surface area contributed by atoms with Gasteiger partial charge in [-0.2, -0.15) is 0 Å². The Hall–Kier alpha value is -1.68. The summed E-state index contributed by atoms with van der Waals surface area (Å²) in [7, 11) is 0. The number of thiazole rings is 1. The van der Waals surface area contributed by atoms with Gasteiger partial charge in [0.2, 0.25) is 5.91 Å². The number of guanidine groups is 1. The molecule has 0 aliphatic carbocycles. The van der Waals surface area contributed by atoms with Gasteiger partial charge >= 0.3 is 0 Å². The summed E-state index contributed by atoms with van der Waals surface area (Å²) in [6.45, 7) is 7.98. The summed E-state index contributed by atoms with van der Waals surface area (Å²) in [5.41, 5.74) is 2.33. The van der Waals surface area contributed by atoms with Crippen molar-refractivity contribution in [1.82, 2.24) is 20.5 Å². The van der Waals surface area contributed by atoms with Crippen LogP contribution in [0.2, 0.25) is 0 Å². The molecule has 1 aliphatic heterocycles. The molecule has 29 heavy (non-hydrogen) atoms. The molecule has 1 aliphatic rings. The summed E-state index contributed by atoms with van der Waals surface area (Å²) in [5, 5.41) is 7.81. The van der Waals surface area contributed by atoms with Crippen molar-refractivity contribution in [2.45, 2.75) is 46.2 Å². The molecule has 3 rings (SSSR count). The number of aliphatic imine (C=N–C) groups is 1. The zero-order valence-corrected chi connectivity index (χ0v) is 20.3. The largest absolute Gasteiger partial charge is 0.357 e. The Morgan fingerprint density at radius 3 is 2.62 bits per heavy atom. The van der Waals surface area contributed by atoms with E-state index in [1.165, 1.54) is 10.4 Å². The number of nitrogens with zero attached hydrogens (tertiary/aromatic N) is 3. The summed E-state index contributed by atoms with van der Waals surface area (Å²) in [6.07, 6.45) is 4.48. The third-order valence-electron chi connectivity index (χ3n) is 4.63. The van der Waals surface area contributed by atoms with Crippen molar-refractivity contribution in [3.63, 3.8) is 0 Å². The molecule has 1 aromatic carbocycles. The van der Waals surface area contributed by atoms with Crippen molar-refractivity contribution < 1.29 is 4.79 Å². The lowest BCUT2D eigenvalue weighted by molar-refractivity contribution is -0.128. The third kappa shape index (κ3) is 7.58. The van der Waals surface area contributed by atoms with Crippen LogP contribution < -0.4 is 10.6 Å². The fourth-order valence-corrected chi connectivity index (χ4v) is 3.95. The number of carbonyl (C=O) groups excluding carboxylic acids is 1. The SMILES string of the molecule is CCNC(=NCc1ccc(CN2CCCC2=O)cc1)NCCc1ncc(C)s1.I. The van der Waals surface area contributed by atoms with E-state index in [0.29, 0.717) is 19.5 Å². The molecule has 1 saturated heterocycles.